The van der Waals surface area contributed by atoms with Crippen LogP contribution in [0.25, 0.3) is 0 Å². The minimum absolute atomic E-state index is 0. The third-order valence-electron chi connectivity index (χ3n) is 5.29. The molecule has 1 saturated heterocycles. The van der Waals surface area contributed by atoms with E-state index in [9.17, 15) is 0 Å². The van der Waals surface area contributed by atoms with Gasteiger partial charge in [-0.2, -0.15) is 0 Å². The predicted molar refractivity (Wildman–Crippen MR) is 143 cm³/mol. The zero-order valence-electron chi connectivity index (χ0n) is 20.0. The zero-order valence-corrected chi connectivity index (χ0v) is 22.3. The average Bonchev–Trinajstić information content (AvgIpc) is 2.82. The highest BCUT2D eigenvalue weighted by atomic mass is 127. The van der Waals surface area contributed by atoms with Gasteiger partial charge >= 0.3 is 0 Å². The molecule has 0 aliphatic carbocycles. The van der Waals surface area contributed by atoms with Gasteiger partial charge in [-0.05, 0) is 49.6 Å². The average molecular weight is 569 g/mol. The number of pyridine rings is 1. The number of guanidine groups is 1. The van der Waals surface area contributed by atoms with Crippen molar-refractivity contribution in [3.05, 3.63) is 47.7 Å². The number of hydrogen-bond acceptors (Lipinski definition) is 6. The minimum atomic E-state index is 0. The fraction of sp³-hybridized carbons (Fsp3) is 0.500. The molecule has 1 aliphatic heterocycles. The maximum atomic E-state index is 5.61. The summed E-state index contributed by atoms with van der Waals surface area (Å²) in [5, 5.41) is 6.70. The molecular formula is C24H36IN5O3. The van der Waals surface area contributed by atoms with Gasteiger partial charge in [-0.1, -0.05) is 12.1 Å². The summed E-state index contributed by atoms with van der Waals surface area (Å²) in [6.45, 7) is 8.78. The van der Waals surface area contributed by atoms with E-state index in [2.05, 4.69) is 52.6 Å². The maximum absolute atomic E-state index is 5.61. The summed E-state index contributed by atoms with van der Waals surface area (Å²) in [5.74, 6) is 3.27. The summed E-state index contributed by atoms with van der Waals surface area (Å²) < 4.78 is 16.3. The molecule has 1 aromatic heterocycles. The second-order valence-electron chi connectivity index (χ2n) is 7.71. The third-order valence-corrected chi connectivity index (χ3v) is 5.29. The summed E-state index contributed by atoms with van der Waals surface area (Å²) in [6, 6.07) is 10.2. The van der Waals surface area contributed by atoms with Crippen LogP contribution in [0.4, 0.5) is 5.82 Å². The first-order chi connectivity index (χ1) is 15.6. The fourth-order valence-corrected chi connectivity index (χ4v) is 3.60. The normalized spacial score (nSPS) is 16.1. The summed E-state index contributed by atoms with van der Waals surface area (Å²) >= 11 is 0. The highest BCUT2D eigenvalue weighted by molar-refractivity contribution is 14.0. The molecule has 2 N–H and O–H groups in total. The number of morpholine rings is 1. The van der Waals surface area contributed by atoms with Crippen LogP contribution in [0.5, 0.6) is 11.5 Å². The largest absolute Gasteiger partial charge is 0.493 e. The van der Waals surface area contributed by atoms with Gasteiger partial charge in [0.2, 0.25) is 0 Å². The standard InChI is InChI=1S/C24H35N5O3.HI/c1-5-25-24(26-11-10-19-6-8-21(30-3)22(14-19)31-4)28-16-20-7-9-23(27-15-20)29-12-13-32-18(2)17-29;/h6-9,14-15,18H,5,10-13,16-17H2,1-4H3,(H2,25,26,28);1H. The molecule has 0 radical (unpaired) electrons. The van der Waals surface area contributed by atoms with E-state index < -0.39 is 0 Å². The van der Waals surface area contributed by atoms with Gasteiger partial charge in [0.25, 0.3) is 0 Å². The second-order valence-corrected chi connectivity index (χ2v) is 7.71. The Hall–Kier alpha value is -2.27. The molecule has 0 saturated carbocycles. The number of rotatable bonds is 9. The van der Waals surface area contributed by atoms with Crippen molar-refractivity contribution in [2.75, 3.05) is 51.9 Å². The molecular weight excluding hydrogens is 533 g/mol. The molecule has 1 aromatic carbocycles. The van der Waals surface area contributed by atoms with E-state index in [1.807, 2.05) is 18.3 Å². The molecule has 33 heavy (non-hydrogen) atoms. The Morgan fingerprint density at radius 3 is 2.61 bits per heavy atom. The highest BCUT2D eigenvalue weighted by Gasteiger charge is 2.17. The summed E-state index contributed by atoms with van der Waals surface area (Å²) in [6.07, 6.45) is 2.99. The van der Waals surface area contributed by atoms with Crippen molar-refractivity contribution in [2.45, 2.75) is 32.9 Å². The van der Waals surface area contributed by atoms with Gasteiger partial charge in [0.15, 0.2) is 17.5 Å². The lowest BCUT2D eigenvalue weighted by molar-refractivity contribution is 0.0529. The lowest BCUT2D eigenvalue weighted by Gasteiger charge is -2.32. The Balaban J connectivity index is 0.00000385. The second kappa shape index (κ2) is 14.1. The topological polar surface area (TPSA) is 80.2 Å². The molecule has 0 spiro atoms. The van der Waals surface area contributed by atoms with Gasteiger partial charge in [-0.25, -0.2) is 9.98 Å². The molecule has 9 heteroatoms. The van der Waals surface area contributed by atoms with Crippen molar-refractivity contribution in [2.24, 2.45) is 4.99 Å². The number of nitrogens with one attached hydrogen (secondary N) is 2. The summed E-state index contributed by atoms with van der Waals surface area (Å²) in [4.78, 5) is 11.6. The number of nitrogens with zero attached hydrogens (tertiary/aromatic N) is 3. The lowest BCUT2D eigenvalue weighted by Crippen LogP contribution is -2.41. The van der Waals surface area contributed by atoms with E-state index in [0.29, 0.717) is 6.54 Å². The van der Waals surface area contributed by atoms with E-state index in [0.717, 1.165) is 68.0 Å². The molecule has 182 valence electrons. The number of anilines is 1. The molecule has 8 nitrogen and oxygen atoms in total. The van der Waals surface area contributed by atoms with E-state index in [1.54, 1.807) is 14.2 Å². The molecule has 1 atom stereocenters. The van der Waals surface area contributed by atoms with Crippen LogP contribution < -0.4 is 25.0 Å². The minimum Gasteiger partial charge on any atom is -0.493 e. The Labute approximate surface area is 214 Å². The molecule has 1 unspecified atom stereocenters. The van der Waals surface area contributed by atoms with Crippen molar-refractivity contribution in [3.63, 3.8) is 0 Å². The first-order valence-electron chi connectivity index (χ1n) is 11.2. The first kappa shape index (κ1) is 27.0. The molecule has 2 aromatic rings. The van der Waals surface area contributed by atoms with E-state index in [1.165, 1.54) is 5.56 Å². The first-order valence-corrected chi connectivity index (χ1v) is 11.2. The number of halogens is 1. The molecule has 3 rings (SSSR count). The number of aliphatic imine (C=N–C) groups is 1. The smallest absolute Gasteiger partial charge is 0.191 e. The van der Waals surface area contributed by atoms with Crippen molar-refractivity contribution in [1.29, 1.82) is 0 Å². The number of hydrogen-bond donors (Lipinski definition) is 2. The number of benzene rings is 1. The monoisotopic (exact) mass is 569 g/mol. The van der Waals surface area contributed by atoms with Crippen LogP contribution >= 0.6 is 24.0 Å². The SMILES string of the molecule is CCNC(=NCc1ccc(N2CCOC(C)C2)nc1)NCCc1ccc(OC)c(OC)c1.I. The van der Waals surface area contributed by atoms with E-state index >= 15 is 0 Å². The highest BCUT2D eigenvalue weighted by Crippen LogP contribution is 2.27. The van der Waals surface area contributed by atoms with Crippen LogP contribution in [0.2, 0.25) is 0 Å². The molecule has 1 aliphatic rings. The fourth-order valence-electron chi connectivity index (χ4n) is 3.60. The van der Waals surface area contributed by atoms with Crippen molar-refractivity contribution >= 4 is 35.8 Å². The molecule has 2 heterocycles. The summed E-state index contributed by atoms with van der Waals surface area (Å²) in [5.41, 5.74) is 2.25. The quantitative estimate of drug-likeness (QED) is 0.273. The Morgan fingerprint density at radius 2 is 1.94 bits per heavy atom. The van der Waals surface area contributed by atoms with E-state index in [-0.39, 0.29) is 30.1 Å². The molecule has 1 fully saturated rings. The Bertz CT molecular complexity index is 879. The number of aromatic nitrogens is 1. The lowest BCUT2D eigenvalue weighted by atomic mass is 10.1. The molecule has 0 bridgehead atoms. The van der Waals surface area contributed by atoms with E-state index in [4.69, 9.17) is 19.2 Å². The Morgan fingerprint density at radius 1 is 1.15 bits per heavy atom. The van der Waals surface area contributed by atoms with Gasteiger partial charge < -0.3 is 29.7 Å². The van der Waals surface area contributed by atoms with Gasteiger partial charge in [0.1, 0.15) is 5.82 Å². The predicted octanol–water partition coefficient (Wildman–Crippen LogP) is 3.24. The van der Waals surface area contributed by atoms with Crippen molar-refractivity contribution < 1.29 is 14.2 Å². The van der Waals surface area contributed by atoms with Gasteiger partial charge in [0, 0.05) is 32.4 Å². The van der Waals surface area contributed by atoms with Gasteiger partial charge in [0.05, 0.1) is 33.5 Å². The van der Waals surface area contributed by atoms with Crippen LogP contribution in [-0.2, 0) is 17.7 Å². The van der Waals surface area contributed by atoms with Crippen LogP contribution in [0.3, 0.4) is 0 Å². The van der Waals surface area contributed by atoms with Gasteiger partial charge in [-0.15, -0.1) is 24.0 Å². The third kappa shape index (κ3) is 8.22. The van der Waals surface area contributed by atoms with Crippen molar-refractivity contribution in [1.82, 2.24) is 15.6 Å². The van der Waals surface area contributed by atoms with Crippen LogP contribution in [0.15, 0.2) is 41.5 Å². The molecule has 0 amide bonds. The van der Waals surface area contributed by atoms with Crippen LogP contribution in [0, 0.1) is 0 Å². The van der Waals surface area contributed by atoms with Gasteiger partial charge in [-0.3, -0.25) is 0 Å². The van der Waals surface area contributed by atoms with Crippen LogP contribution in [-0.4, -0.2) is 64.1 Å². The summed E-state index contributed by atoms with van der Waals surface area (Å²) in [7, 11) is 3.29. The number of ether oxygens (including phenoxy) is 3. The van der Waals surface area contributed by atoms with Crippen molar-refractivity contribution in [3.8, 4) is 11.5 Å². The Kier molecular flexibility index (Phi) is 11.5. The number of methoxy groups -OCH3 is 2. The zero-order chi connectivity index (χ0) is 22.8. The maximum Gasteiger partial charge on any atom is 0.191 e. The van der Waals surface area contributed by atoms with Crippen LogP contribution in [0.1, 0.15) is 25.0 Å².